The van der Waals surface area contributed by atoms with Crippen LogP contribution in [0.5, 0.6) is 0 Å². The van der Waals surface area contributed by atoms with Crippen LogP contribution in [0.3, 0.4) is 0 Å². The first-order chi connectivity index (χ1) is 8.82. The summed E-state index contributed by atoms with van der Waals surface area (Å²) in [5.41, 5.74) is 0. The molecule has 2 aromatic rings. The fourth-order valence-corrected chi connectivity index (χ4v) is 3.54. The first-order valence-electron chi connectivity index (χ1n) is 5.30. The van der Waals surface area contributed by atoms with Crippen LogP contribution in [-0.2, 0) is 10.1 Å². The topological polar surface area (TPSA) is 94.8 Å². The molecule has 7 heteroatoms. The maximum absolute atomic E-state index is 10.9. The van der Waals surface area contributed by atoms with Crippen LogP contribution >= 0.6 is 7.72 Å². The van der Waals surface area contributed by atoms with Crippen molar-refractivity contribution in [2.45, 2.75) is 4.90 Å². The van der Waals surface area contributed by atoms with Gasteiger partial charge in [-0.2, -0.15) is 8.42 Å². The Hall–Kier alpha value is -1.30. The van der Waals surface area contributed by atoms with Gasteiger partial charge in [-0.25, -0.2) is 9.79 Å². The highest BCUT2D eigenvalue weighted by Gasteiger charge is 2.39. The van der Waals surface area contributed by atoms with Gasteiger partial charge in [-0.15, -0.1) is 0 Å². The number of hydrogen-bond donors (Lipinski definition) is 3. The Bertz CT molecular complexity index is 665. The van der Waals surface area contributed by atoms with Crippen molar-refractivity contribution in [1.29, 1.82) is 0 Å². The maximum atomic E-state index is 10.9. The van der Waals surface area contributed by atoms with Gasteiger partial charge in [-0.05, 0) is 36.4 Å². The summed E-state index contributed by atoms with van der Waals surface area (Å²) >= 11 is 0. The molecule has 0 unspecified atom stereocenters. The minimum Gasteiger partial charge on any atom is -0.282 e. The lowest BCUT2D eigenvalue weighted by atomic mass is 10.4. The highest BCUT2D eigenvalue weighted by molar-refractivity contribution is 7.85. The molecule has 2 aromatic carbocycles. The highest BCUT2D eigenvalue weighted by atomic mass is 32.2. The Balaban J connectivity index is 2.43. The van der Waals surface area contributed by atoms with Crippen molar-refractivity contribution >= 4 is 28.4 Å². The van der Waals surface area contributed by atoms with E-state index in [1.807, 2.05) is 0 Å². The standard InChI is InChI=1S/C12H11O5PS/c13-18(14,10-4-2-1-3-5-10)11-6-8-12(9-7-11)19(15,16)17/h1-9,13-14H/p+1. The minimum absolute atomic E-state index is 0.214. The van der Waals surface area contributed by atoms with Crippen LogP contribution in [0.4, 0.5) is 0 Å². The van der Waals surface area contributed by atoms with Crippen LogP contribution in [0.25, 0.3) is 0 Å². The van der Waals surface area contributed by atoms with Crippen LogP contribution in [0.1, 0.15) is 0 Å². The Kier molecular flexibility index (Phi) is 3.71. The van der Waals surface area contributed by atoms with Gasteiger partial charge in [-0.3, -0.25) is 4.55 Å². The van der Waals surface area contributed by atoms with E-state index in [0.29, 0.717) is 5.30 Å². The van der Waals surface area contributed by atoms with Crippen molar-refractivity contribution < 1.29 is 22.8 Å². The average Bonchev–Trinajstić information content (AvgIpc) is 2.39. The third-order valence-electron chi connectivity index (χ3n) is 2.61. The molecule has 19 heavy (non-hydrogen) atoms. The van der Waals surface area contributed by atoms with E-state index in [4.69, 9.17) is 4.55 Å². The lowest BCUT2D eigenvalue weighted by Gasteiger charge is -2.11. The summed E-state index contributed by atoms with van der Waals surface area (Å²) in [4.78, 5) is 20.1. The van der Waals surface area contributed by atoms with Crippen LogP contribution in [0, 0.1) is 0 Å². The number of rotatable bonds is 3. The van der Waals surface area contributed by atoms with E-state index in [9.17, 15) is 18.2 Å². The second kappa shape index (κ2) is 5.00. The summed E-state index contributed by atoms with van der Waals surface area (Å²) < 4.78 is 30.7. The zero-order valence-corrected chi connectivity index (χ0v) is 11.4. The minimum atomic E-state index is -4.28. The molecule has 0 radical (unpaired) electrons. The fourth-order valence-electron chi connectivity index (χ4n) is 1.61. The Morgan fingerprint density at radius 2 is 1.26 bits per heavy atom. The molecule has 0 amide bonds. The largest absolute Gasteiger partial charge is 0.333 e. The smallest absolute Gasteiger partial charge is 0.282 e. The van der Waals surface area contributed by atoms with Gasteiger partial charge >= 0.3 is 7.72 Å². The van der Waals surface area contributed by atoms with Gasteiger partial charge < -0.3 is 0 Å². The summed E-state index contributed by atoms with van der Waals surface area (Å²) in [6.07, 6.45) is 0. The molecule has 0 saturated carbocycles. The van der Waals surface area contributed by atoms with Crippen LogP contribution in [-0.4, -0.2) is 22.8 Å². The third kappa shape index (κ3) is 3.00. The van der Waals surface area contributed by atoms with Crippen molar-refractivity contribution in [3.63, 3.8) is 0 Å². The molecule has 0 atom stereocenters. The van der Waals surface area contributed by atoms with E-state index in [1.165, 1.54) is 12.1 Å². The summed E-state index contributed by atoms with van der Waals surface area (Å²) in [6, 6.07) is 13.1. The molecule has 0 aliphatic rings. The molecule has 2 rings (SSSR count). The van der Waals surface area contributed by atoms with Crippen LogP contribution in [0.15, 0.2) is 59.5 Å². The molecule has 100 valence electrons. The van der Waals surface area contributed by atoms with Gasteiger partial charge in [0, 0.05) is 0 Å². The van der Waals surface area contributed by atoms with Gasteiger partial charge in [-0.1, -0.05) is 18.2 Å². The van der Waals surface area contributed by atoms with Crippen molar-refractivity contribution in [2.75, 3.05) is 0 Å². The molecule has 0 aliphatic heterocycles. The molecule has 0 saturated heterocycles. The molecule has 5 nitrogen and oxygen atoms in total. The zero-order chi connectivity index (χ0) is 14.1. The second-order valence-corrected chi connectivity index (χ2v) is 7.56. The van der Waals surface area contributed by atoms with Gasteiger partial charge in [0.05, 0.1) is 4.90 Å². The first kappa shape index (κ1) is 14.1. The van der Waals surface area contributed by atoms with Crippen LogP contribution < -0.4 is 10.6 Å². The van der Waals surface area contributed by atoms with Crippen LogP contribution in [0.2, 0.25) is 0 Å². The lowest BCUT2D eigenvalue weighted by molar-refractivity contribution is 0.477. The van der Waals surface area contributed by atoms with Crippen molar-refractivity contribution in [3.05, 3.63) is 54.6 Å². The molecule has 0 aliphatic carbocycles. The van der Waals surface area contributed by atoms with E-state index in [-0.39, 0.29) is 10.2 Å². The molecule has 0 heterocycles. The molecular formula is C12H12O5PS+. The Morgan fingerprint density at radius 1 is 0.789 bits per heavy atom. The molecule has 0 bridgehead atoms. The second-order valence-electron chi connectivity index (χ2n) is 3.91. The quantitative estimate of drug-likeness (QED) is 0.573. The SMILES string of the molecule is O=S(=O)(O)c1ccc([P+](O)(O)c2ccccc2)cc1. The number of hydrogen-bond acceptors (Lipinski definition) is 4. The highest BCUT2D eigenvalue weighted by Crippen LogP contribution is 2.47. The molecular weight excluding hydrogens is 287 g/mol. The molecule has 0 spiro atoms. The van der Waals surface area contributed by atoms with Gasteiger partial charge in [0.1, 0.15) is 0 Å². The first-order valence-corrected chi connectivity index (χ1v) is 8.43. The van der Waals surface area contributed by atoms with Gasteiger partial charge in [0.15, 0.2) is 10.6 Å². The van der Waals surface area contributed by atoms with E-state index in [1.54, 1.807) is 30.3 Å². The Morgan fingerprint density at radius 3 is 1.74 bits per heavy atom. The predicted octanol–water partition coefficient (Wildman–Crippen LogP) is 0.716. The average molecular weight is 299 g/mol. The van der Waals surface area contributed by atoms with E-state index < -0.39 is 17.8 Å². The van der Waals surface area contributed by atoms with E-state index in [0.717, 1.165) is 12.1 Å². The predicted molar refractivity (Wildman–Crippen MR) is 73.3 cm³/mol. The van der Waals surface area contributed by atoms with E-state index >= 15 is 0 Å². The van der Waals surface area contributed by atoms with E-state index in [2.05, 4.69) is 0 Å². The maximum Gasteiger partial charge on any atom is 0.333 e. The van der Waals surface area contributed by atoms with Crippen molar-refractivity contribution in [2.24, 2.45) is 0 Å². The van der Waals surface area contributed by atoms with Gasteiger partial charge in [0.25, 0.3) is 10.1 Å². The zero-order valence-electron chi connectivity index (χ0n) is 9.71. The van der Waals surface area contributed by atoms with Crippen molar-refractivity contribution in [1.82, 2.24) is 0 Å². The monoisotopic (exact) mass is 299 g/mol. The molecule has 3 N–H and O–H groups in total. The summed E-state index contributed by atoms with van der Waals surface area (Å²) in [6.45, 7) is 0. The normalized spacial score (nSPS) is 12.4. The summed E-state index contributed by atoms with van der Waals surface area (Å²) in [5.74, 6) is 0. The third-order valence-corrected chi connectivity index (χ3v) is 5.52. The molecule has 0 fully saturated rings. The molecule has 0 aromatic heterocycles. The fraction of sp³-hybridized carbons (Fsp3) is 0. The lowest BCUT2D eigenvalue weighted by Crippen LogP contribution is -2.21. The summed E-state index contributed by atoms with van der Waals surface area (Å²) in [5, 5.41) is 0.584. The number of benzene rings is 2. The van der Waals surface area contributed by atoms with Gasteiger partial charge in [0.2, 0.25) is 0 Å². The Labute approximate surface area is 111 Å². The summed E-state index contributed by atoms with van der Waals surface area (Å²) in [7, 11) is -7.78. The van der Waals surface area contributed by atoms with Crippen molar-refractivity contribution in [3.8, 4) is 0 Å².